The van der Waals surface area contributed by atoms with Crippen molar-refractivity contribution in [2.45, 2.75) is 12.2 Å². The van der Waals surface area contributed by atoms with E-state index in [2.05, 4.69) is 27.3 Å². The van der Waals surface area contributed by atoms with Crippen LogP contribution in [0.15, 0.2) is 35.8 Å². The van der Waals surface area contributed by atoms with E-state index in [1.807, 2.05) is 6.07 Å². The van der Waals surface area contributed by atoms with Crippen LogP contribution >= 0.6 is 22.6 Å². The third kappa shape index (κ3) is 3.10. The van der Waals surface area contributed by atoms with Crippen molar-refractivity contribution in [3.8, 4) is 5.75 Å². The molecule has 1 heterocycles. The van der Waals surface area contributed by atoms with E-state index in [1.165, 1.54) is 0 Å². The Balaban J connectivity index is 1.96. The van der Waals surface area contributed by atoms with Gasteiger partial charge in [0.15, 0.2) is 11.9 Å². The molecule has 0 bridgehead atoms. The van der Waals surface area contributed by atoms with Crippen LogP contribution in [0.1, 0.15) is 0 Å². The third-order valence-electron chi connectivity index (χ3n) is 2.51. The molecule has 0 aromatic heterocycles. The lowest BCUT2D eigenvalue weighted by Gasteiger charge is -2.17. The van der Waals surface area contributed by atoms with Gasteiger partial charge in [0, 0.05) is 3.57 Å². The first-order valence-corrected chi connectivity index (χ1v) is 6.46. The highest BCUT2D eigenvalue weighted by Gasteiger charge is 2.39. The predicted molar refractivity (Wildman–Crippen MR) is 72.8 cm³/mol. The Kier molecular flexibility index (Phi) is 4.15. The third-order valence-corrected chi connectivity index (χ3v) is 3.18. The van der Waals surface area contributed by atoms with Crippen LogP contribution in [0.2, 0.25) is 0 Å². The maximum Gasteiger partial charge on any atom is 0.377 e. The number of carbonyl (C=O) groups is 1. The summed E-state index contributed by atoms with van der Waals surface area (Å²) in [6.45, 7) is -0.185. The Morgan fingerprint density at radius 2 is 2.16 bits per heavy atom. The molecule has 1 aromatic carbocycles. The maximum absolute atomic E-state index is 11.0. The Morgan fingerprint density at radius 3 is 2.74 bits per heavy atom. The van der Waals surface area contributed by atoms with Crippen LogP contribution in [0.25, 0.3) is 0 Å². The normalized spacial score (nSPS) is 20.3. The topological polar surface area (TPSA) is 96.2 Å². The Labute approximate surface area is 122 Å². The van der Waals surface area contributed by atoms with E-state index < -0.39 is 29.7 Å². The van der Waals surface area contributed by atoms with Gasteiger partial charge in [-0.2, -0.15) is 0 Å². The van der Waals surface area contributed by atoms with Gasteiger partial charge in [-0.15, -0.1) is 0 Å². The van der Waals surface area contributed by atoms with E-state index in [1.54, 1.807) is 18.2 Å². The van der Waals surface area contributed by atoms with Crippen molar-refractivity contribution in [1.82, 2.24) is 0 Å². The molecule has 0 radical (unpaired) electrons. The van der Waals surface area contributed by atoms with E-state index in [9.17, 15) is 15.0 Å². The first-order chi connectivity index (χ1) is 8.99. The largest absolute Gasteiger partial charge is 0.505 e. The van der Waals surface area contributed by atoms with Gasteiger partial charge in [0.05, 0.1) is 0 Å². The minimum absolute atomic E-state index is 0.185. The molecular weight excluding hydrogens is 367 g/mol. The molecule has 1 aliphatic heterocycles. The van der Waals surface area contributed by atoms with Crippen molar-refractivity contribution in [2.24, 2.45) is 0 Å². The number of halogens is 1. The van der Waals surface area contributed by atoms with Crippen LogP contribution in [0.3, 0.4) is 0 Å². The molecule has 0 unspecified atom stereocenters. The van der Waals surface area contributed by atoms with Gasteiger partial charge in [-0.25, -0.2) is 4.79 Å². The average molecular weight is 378 g/mol. The predicted octanol–water partition coefficient (Wildman–Crippen LogP) is 1.28. The van der Waals surface area contributed by atoms with E-state index in [0.29, 0.717) is 5.75 Å². The van der Waals surface area contributed by atoms with E-state index in [4.69, 9.17) is 9.84 Å². The SMILES string of the molecule is O=C1O[C@H]([C@@H](O)COc2cccc(I)c2)C(O)=C1O. The highest BCUT2D eigenvalue weighted by molar-refractivity contribution is 14.1. The molecule has 0 saturated heterocycles. The number of hydrogen-bond donors (Lipinski definition) is 3. The van der Waals surface area contributed by atoms with Crippen LogP contribution in [0, 0.1) is 3.57 Å². The van der Waals surface area contributed by atoms with Crippen molar-refractivity contribution in [1.29, 1.82) is 0 Å². The quantitative estimate of drug-likeness (QED) is 0.540. The van der Waals surface area contributed by atoms with Crippen molar-refractivity contribution in [3.63, 3.8) is 0 Å². The fraction of sp³-hybridized carbons (Fsp3) is 0.250. The number of rotatable bonds is 4. The lowest BCUT2D eigenvalue weighted by Crippen LogP contribution is -2.33. The summed E-state index contributed by atoms with van der Waals surface area (Å²) in [6.07, 6.45) is -2.57. The Bertz CT molecular complexity index is 527. The first-order valence-electron chi connectivity index (χ1n) is 5.38. The van der Waals surface area contributed by atoms with E-state index in [0.717, 1.165) is 3.57 Å². The first kappa shape index (κ1) is 13.9. The Hall–Kier alpha value is -1.48. The maximum atomic E-state index is 11.0. The fourth-order valence-corrected chi connectivity index (χ4v) is 2.07. The summed E-state index contributed by atoms with van der Waals surface area (Å²) in [5.41, 5.74) is 0. The van der Waals surface area contributed by atoms with Crippen molar-refractivity contribution in [3.05, 3.63) is 39.4 Å². The zero-order valence-corrected chi connectivity index (χ0v) is 11.8. The summed E-state index contributed by atoms with van der Waals surface area (Å²) in [5.74, 6) is -2.07. The molecule has 1 aliphatic rings. The summed E-state index contributed by atoms with van der Waals surface area (Å²) in [6, 6.07) is 7.15. The second kappa shape index (κ2) is 5.66. The molecule has 7 heteroatoms. The van der Waals surface area contributed by atoms with Crippen molar-refractivity contribution >= 4 is 28.6 Å². The van der Waals surface area contributed by atoms with Crippen LogP contribution in [-0.4, -0.2) is 40.1 Å². The van der Waals surface area contributed by atoms with Gasteiger partial charge in [-0.05, 0) is 40.8 Å². The average Bonchev–Trinajstić information content (AvgIpc) is 2.64. The number of hydrogen-bond acceptors (Lipinski definition) is 6. The zero-order valence-electron chi connectivity index (χ0n) is 9.62. The minimum atomic E-state index is -1.30. The van der Waals surface area contributed by atoms with Gasteiger partial charge in [0.2, 0.25) is 5.76 Å². The Morgan fingerprint density at radius 1 is 1.42 bits per heavy atom. The molecule has 1 aromatic rings. The summed E-state index contributed by atoms with van der Waals surface area (Å²) in [4.78, 5) is 11.0. The zero-order chi connectivity index (χ0) is 14.0. The molecule has 102 valence electrons. The summed E-state index contributed by atoms with van der Waals surface area (Å²) < 4.78 is 10.9. The summed E-state index contributed by atoms with van der Waals surface area (Å²) in [7, 11) is 0. The molecule has 3 N–H and O–H groups in total. The molecule has 2 atom stereocenters. The monoisotopic (exact) mass is 378 g/mol. The highest BCUT2D eigenvalue weighted by atomic mass is 127. The van der Waals surface area contributed by atoms with Crippen LogP contribution in [-0.2, 0) is 9.53 Å². The van der Waals surface area contributed by atoms with E-state index in [-0.39, 0.29) is 6.61 Å². The van der Waals surface area contributed by atoms with Crippen molar-refractivity contribution in [2.75, 3.05) is 6.61 Å². The lowest BCUT2D eigenvalue weighted by molar-refractivity contribution is -0.147. The number of benzene rings is 1. The van der Waals surface area contributed by atoms with Crippen LogP contribution < -0.4 is 4.74 Å². The summed E-state index contributed by atoms with van der Waals surface area (Å²) in [5, 5.41) is 28.3. The van der Waals surface area contributed by atoms with Crippen molar-refractivity contribution < 1.29 is 29.6 Å². The number of aliphatic hydroxyl groups excluding tert-OH is 3. The van der Waals surface area contributed by atoms with Gasteiger partial charge in [0.25, 0.3) is 0 Å². The summed E-state index contributed by atoms with van der Waals surface area (Å²) >= 11 is 2.12. The van der Waals surface area contributed by atoms with Gasteiger partial charge in [-0.1, -0.05) is 6.07 Å². The molecule has 0 aliphatic carbocycles. The number of ether oxygens (including phenoxy) is 2. The standard InChI is InChI=1S/C12H11IO6/c13-6-2-1-3-7(4-6)18-5-8(14)11-9(15)10(16)12(17)19-11/h1-4,8,11,14-16H,5H2/t8-,11+/m0/s1. The minimum Gasteiger partial charge on any atom is -0.505 e. The second-order valence-electron chi connectivity index (χ2n) is 3.90. The molecular formula is C12H11IO6. The van der Waals surface area contributed by atoms with Crippen LogP contribution in [0.4, 0.5) is 0 Å². The molecule has 0 amide bonds. The molecule has 6 nitrogen and oxygen atoms in total. The van der Waals surface area contributed by atoms with Gasteiger partial charge in [0.1, 0.15) is 18.5 Å². The number of esters is 1. The highest BCUT2D eigenvalue weighted by Crippen LogP contribution is 2.22. The molecule has 0 spiro atoms. The number of carbonyl (C=O) groups excluding carboxylic acids is 1. The molecule has 0 fully saturated rings. The second-order valence-corrected chi connectivity index (χ2v) is 5.14. The number of cyclic esters (lactones) is 1. The number of aliphatic hydroxyl groups is 3. The lowest BCUT2D eigenvalue weighted by atomic mass is 10.2. The van der Waals surface area contributed by atoms with Gasteiger partial charge >= 0.3 is 5.97 Å². The molecule has 0 saturated carbocycles. The van der Waals surface area contributed by atoms with Gasteiger partial charge in [-0.3, -0.25) is 0 Å². The molecule has 2 rings (SSSR count). The van der Waals surface area contributed by atoms with E-state index >= 15 is 0 Å². The fourth-order valence-electron chi connectivity index (χ4n) is 1.55. The smallest absolute Gasteiger partial charge is 0.377 e. The molecule has 19 heavy (non-hydrogen) atoms. The van der Waals surface area contributed by atoms with Gasteiger partial charge < -0.3 is 24.8 Å². The van der Waals surface area contributed by atoms with Crippen LogP contribution in [0.5, 0.6) is 5.75 Å².